The van der Waals surface area contributed by atoms with E-state index in [1.807, 2.05) is 18.3 Å². The minimum absolute atomic E-state index is 0.0830. The topological polar surface area (TPSA) is 36.1 Å². The average Bonchev–Trinajstić information content (AvgIpc) is 2.39. The molecule has 0 radical (unpaired) electrons. The number of carbonyl (C=O) groups is 1. The van der Waals surface area contributed by atoms with Gasteiger partial charge in [0, 0.05) is 25.9 Å². The highest BCUT2D eigenvalue weighted by Crippen LogP contribution is 1.98. The molecular weight excluding hydrogens is 140 g/mol. The van der Waals surface area contributed by atoms with E-state index in [0.29, 0.717) is 6.54 Å². The van der Waals surface area contributed by atoms with E-state index in [-0.39, 0.29) is 5.91 Å². The van der Waals surface area contributed by atoms with Crippen LogP contribution in [0.4, 0.5) is 0 Å². The highest BCUT2D eigenvalue weighted by molar-refractivity contribution is 5.72. The van der Waals surface area contributed by atoms with Crippen molar-refractivity contribution in [2.24, 2.45) is 0 Å². The largest absolute Gasteiger partial charge is 0.364 e. The van der Waals surface area contributed by atoms with Crippen molar-refractivity contribution in [2.45, 2.75) is 13.5 Å². The first-order chi connectivity index (χ1) is 5.20. The number of H-pyrrole nitrogens is 1. The summed E-state index contributed by atoms with van der Waals surface area (Å²) in [6.07, 6.45) is 1.85. The maximum atomic E-state index is 10.8. The van der Waals surface area contributed by atoms with E-state index >= 15 is 0 Å². The zero-order valence-electron chi connectivity index (χ0n) is 6.79. The van der Waals surface area contributed by atoms with Gasteiger partial charge in [0.1, 0.15) is 0 Å². The fourth-order valence-corrected chi connectivity index (χ4v) is 0.833. The van der Waals surface area contributed by atoms with Gasteiger partial charge in [-0.15, -0.1) is 0 Å². The summed E-state index contributed by atoms with van der Waals surface area (Å²) < 4.78 is 0. The van der Waals surface area contributed by atoms with Crippen LogP contribution in [0.25, 0.3) is 0 Å². The van der Waals surface area contributed by atoms with Gasteiger partial charge in [-0.25, -0.2) is 0 Å². The van der Waals surface area contributed by atoms with Gasteiger partial charge in [0.25, 0.3) is 0 Å². The van der Waals surface area contributed by atoms with Gasteiger partial charge in [-0.1, -0.05) is 0 Å². The zero-order valence-corrected chi connectivity index (χ0v) is 6.79. The molecule has 1 amide bonds. The van der Waals surface area contributed by atoms with Crippen LogP contribution in [-0.4, -0.2) is 22.8 Å². The summed E-state index contributed by atoms with van der Waals surface area (Å²) in [6.45, 7) is 2.21. The molecule has 1 aromatic rings. The third-order valence-corrected chi connectivity index (χ3v) is 1.61. The van der Waals surface area contributed by atoms with Crippen LogP contribution in [0.2, 0.25) is 0 Å². The lowest BCUT2D eigenvalue weighted by molar-refractivity contribution is -0.128. The molecule has 1 heterocycles. The number of carbonyl (C=O) groups excluding carboxylic acids is 1. The highest BCUT2D eigenvalue weighted by Gasteiger charge is 2.02. The Balaban J connectivity index is 2.50. The smallest absolute Gasteiger partial charge is 0.219 e. The summed E-state index contributed by atoms with van der Waals surface area (Å²) >= 11 is 0. The van der Waals surface area contributed by atoms with Crippen molar-refractivity contribution < 1.29 is 4.79 Å². The van der Waals surface area contributed by atoms with Gasteiger partial charge in [0.15, 0.2) is 0 Å². The van der Waals surface area contributed by atoms with Gasteiger partial charge >= 0.3 is 0 Å². The van der Waals surface area contributed by atoms with E-state index in [1.54, 1.807) is 18.9 Å². The quantitative estimate of drug-likeness (QED) is 0.674. The number of rotatable bonds is 2. The molecule has 0 aromatic carbocycles. The molecule has 3 heteroatoms. The molecule has 1 rings (SSSR count). The summed E-state index contributed by atoms with van der Waals surface area (Å²) in [6, 6.07) is 3.88. The van der Waals surface area contributed by atoms with Crippen LogP contribution in [0.15, 0.2) is 18.3 Å². The fraction of sp³-hybridized carbons (Fsp3) is 0.375. The summed E-state index contributed by atoms with van der Waals surface area (Å²) in [5.74, 6) is 0.0830. The Labute approximate surface area is 66.0 Å². The van der Waals surface area contributed by atoms with Gasteiger partial charge in [-0.05, 0) is 12.1 Å². The van der Waals surface area contributed by atoms with Crippen LogP contribution >= 0.6 is 0 Å². The summed E-state index contributed by atoms with van der Waals surface area (Å²) in [4.78, 5) is 15.5. The number of aromatic amines is 1. The van der Waals surface area contributed by atoms with Gasteiger partial charge in [-0.3, -0.25) is 4.79 Å². The second kappa shape index (κ2) is 3.23. The summed E-state index contributed by atoms with van der Waals surface area (Å²) in [5, 5.41) is 0. The van der Waals surface area contributed by atoms with Crippen LogP contribution in [0.3, 0.4) is 0 Å². The molecule has 3 nitrogen and oxygen atoms in total. The lowest BCUT2D eigenvalue weighted by Crippen LogP contribution is -2.23. The van der Waals surface area contributed by atoms with Gasteiger partial charge in [0.05, 0.1) is 6.54 Å². The van der Waals surface area contributed by atoms with Crippen LogP contribution < -0.4 is 0 Å². The lowest BCUT2D eigenvalue weighted by Gasteiger charge is -2.12. The monoisotopic (exact) mass is 152 g/mol. The van der Waals surface area contributed by atoms with Crippen molar-refractivity contribution in [3.8, 4) is 0 Å². The number of hydrogen-bond donors (Lipinski definition) is 1. The van der Waals surface area contributed by atoms with Crippen LogP contribution in [0.5, 0.6) is 0 Å². The predicted molar refractivity (Wildman–Crippen MR) is 42.9 cm³/mol. The Morgan fingerprint density at radius 3 is 2.91 bits per heavy atom. The standard InChI is InChI=1S/C8H12N2O/c1-7(11)10(2)6-8-4-3-5-9-8/h3-5,9H,6H2,1-2H3. The molecule has 0 bridgehead atoms. The molecule has 0 aliphatic heterocycles. The Kier molecular flexibility index (Phi) is 2.31. The number of nitrogens with one attached hydrogen (secondary N) is 1. The molecule has 0 unspecified atom stereocenters. The number of hydrogen-bond acceptors (Lipinski definition) is 1. The second-order valence-electron chi connectivity index (χ2n) is 2.57. The first-order valence-electron chi connectivity index (χ1n) is 3.54. The Morgan fingerprint density at radius 1 is 1.73 bits per heavy atom. The molecule has 11 heavy (non-hydrogen) atoms. The van der Waals surface area contributed by atoms with Crippen LogP contribution in [-0.2, 0) is 11.3 Å². The normalized spacial score (nSPS) is 9.64. The molecule has 0 fully saturated rings. The first-order valence-corrected chi connectivity index (χ1v) is 3.54. The van der Waals surface area contributed by atoms with E-state index in [4.69, 9.17) is 0 Å². The zero-order chi connectivity index (χ0) is 8.27. The minimum Gasteiger partial charge on any atom is -0.364 e. The molecule has 1 aromatic heterocycles. The summed E-state index contributed by atoms with van der Waals surface area (Å²) in [5.41, 5.74) is 1.06. The van der Waals surface area contributed by atoms with Crippen molar-refractivity contribution in [2.75, 3.05) is 7.05 Å². The van der Waals surface area contributed by atoms with Crippen molar-refractivity contribution in [3.05, 3.63) is 24.0 Å². The Hall–Kier alpha value is -1.25. The maximum absolute atomic E-state index is 10.8. The molecule has 0 spiro atoms. The Morgan fingerprint density at radius 2 is 2.45 bits per heavy atom. The van der Waals surface area contributed by atoms with E-state index in [9.17, 15) is 4.79 Å². The highest BCUT2D eigenvalue weighted by atomic mass is 16.2. The van der Waals surface area contributed by atoms with Gasteiger partial charge in [-0.2, -0.15) is 0 Å². The van der Waals surface area contributed by atoms with Crippen molar-refractivity contribution in [3.63, 3.8) is 0 Å². The third-order valence-electron chi connectivity index (χ3n) is 1.61. The number of aromatic nitrogens is 1. The van der Waals surface area contributed by atoms with E-state index in [2.05, 4.69) is 4.98 Å². The van der Waals surface area contributed by atoms with E-state index in [0.717, 1.165) is 5.69 Å². The fourth-order valence-electron chi connectivity index (χ4n) is 0.833. The second-order valence-corrected chi connectivity index (χ2v) is 2.57. The van der Waals surface area contributed by atoms with Crippen molar-refractivity contribution >= 4 is 5.91 Å². The van der Waals surface area contributed by atoms with Crippen LogP contribution in [0, 0.1) is 0 Å². The average molecular weight is 152 g/mol. The van der Waals surface area contributed by atoms with E-state index < -0.39 is 0 Å². The Bertz CT molecular complexity index is 228. The van der Waals surface area contributed by atoms with Gasteiger partial charge in [0.2, 0.25) is 5.91 Å². The molecule has 1 N–H and O–H groups in total. The van der Waals surface area contributed by atoms with Crippen molar-refractivity contribution in [1.29, 1.82) is 0 Å². The third kappa shape index (κ3) is 2.11. The molecule has 0 aliphatic carbocycles. The number of nitrogens with zero attached hydrogens (tertiary/aromatic N) is 1. The number of amides is 1. The minimum atomic E-state index is 0.0830. The molecule has 0 aliphatic rings. The predicted octanol–water partition coefficient (Wildman–Crippen LogP) is 0.993. The summed E-state index contributed by atoms with van der Waals surface area (Å²) in [7, 11) is 1.78. The van der Waals surface area contributed by atoms with E-state index in [1.165, 1.54) is 0 Å². The van der Waals surface area contributed by atoms with Gasteiger partial charge < -0.3 is 9.88 Å². The first kappa shape index (κ1) is 7.85. The molecular formula is C8H12N2O. The molecule has 0 atom stereocenters. The molecule has 60 valence electrons. The van der Waals surface area contributed by atoms with Crippen molar-refractivity contribution in [1.82, 2.24) is 9.88 Å². The SMILES string of the molecule is CC(=O)N(C)Cc1ccc[nH]1. The molecule has 0 saturated heterocycles. The van der Waals surface area contributed by atoms with Crippen LogP contribution in [0.1, 0.15) is 12.6 Å². The lowest BCUT2D eigenvalue weighted by atomic mass is 10.4. The maximum Gasteiger partial charge on any atom is 0.219 e. The molecule has 0 saturated carbocycles.